The Morgan fingerprint density at radius 1 is 1.39 bits per heavy atom. The second kappa shape index (κ2) is 6.71. The Labute approximate surface area is 108 Å². The number of nitrogens with one attached hydrogen (secondary N) is 1. The highest BCUT2D eigenvalue weighted by Crippen LogP contribution is 2.23. The summed E-state index contributed by atoms with van der Waals surface area (Å²) in [4.78, 5) is 11.5. The molecule has 4 nitrogen and oxygen atoms in total. The van der Waals surface area contributed by atoms with Gasteiger partial charge in [-0.05, 0) is 37.8 Å². The first kappa shape index (κ1) is 13.3. The van der Waals surface area contributed by atoms with Crippen LogP contribution < -0.4 is 10.9 Å². The molecule has 0 amide bonds. The zero-order chi connectivity index (χ0) is 12.8. The Balaban J connectivity index is 1.67. The van der Waals surface area contributed by atoms with Gasteiger partial charge < -0.3 is 15.0 Å². The van der Waals surface area contributed by atoms with E-state index in [-0.39, 0.29) is 11.7 Å². The highest BCUT2D eigenvalue weighted by molar-refractivity contribution is 4.93. The van der Waals surface area contributed by atoms with Gasteiger partial charge in [0.05, 0.1) is 6.10 Å². The van der Waals surface area contributed by atoms with Gasteiger partial charge in [-0.3, -0.25) is 4.79 Å². The maximum Gasteiger partial charge on any atom is 0.250 e. The highest BCUT2D eigenvalue weighted by Gasteiger charge is 2.19. The van der Waals surface area contributed by atoms with Gasteiger partial charge in [0.15, 0.2) is 0 Å². The third-order valence-electron chi connectivity index (χ3n) is 3.62. The van der Waals surface area contributed by atoms with E-state index in [1.165, 1.54) is 6.42 Å². The molecule has 4 heteroatoms. The van der Waals surface area contributed by atoms with E-state index in [0.717, 1.165) is 32.4 Å². The summed E-state index contributed by atoms with van der Waals surface area (Å²) < 4.78 is 1.71. The second-order valence-electron chi connectivity index (χ2n) is 5.12. The fourth-order valence-corrected chi connectivity index (χ4v) is 2.60. The van der Waals surface area contributed by atoms with E-state index in [2.05, 4.69) is 5.32 Å². The summed E-state index contributed by atoms with van der Waals surface area (Å²) in [7, 11) is 0. The number of aliphatic hydroxyl groups is 1. The Morgan fingerprint density at radius 2 is 2.28 bits per heavy atom. The van der Waals surface area contributed by atoms with Crippen LogP contribution in [-0.4, -0.2) is 28.9 Å². The summed E-state index contributed by atoms with van der Waals surface area (Å²) in [5, 5.41) is 13.0. The topological polar surface area (TPSA) is 54.3 Å². The van der Waals surface area contributed by atoms with Crippen LogP contribution in [0.15, 0.2) is 29.2 Å². The Morgan fingerprint density at radius 3 is 3.06 bits per heavy atom. The van der Waals surface area contributed by atoms with Crippen molar-refractivity contribution in [1.82, 2.24) is 9.88 Å². The van der Waals surface area contributed by atoms with Gasteiger partial charge in [0.1, 0.15) is 0 Å². The molecule has 18 heavy (non-hydrogen) atoms. The predicted octanol–water partition coefficient (Wildman–Crippen LogP) is 0.989. The lowest BCUT2D eigenvalue weighted by molar-refractivity contribution is 0.101. The molecular weight excluding hydrogens is 228 g/mol. The van der Waals surface area contributed by atoms with Crippen molar-refractivity contribution in [3.8, 4) is 0 Å². The van der Waals surface area contributed by atoms with E-state index in [0.29, 0.717) is 12.5 Å². The van der Waals surface area contributed by atoms with E-state index in [9.17, 15) is 9.90 Å². The molecule has 100 valence electrons. The van der Waals surface area contributed by atoms with Crippen molar-refractivity contribution in [2.75, 3.05) is 13.1 Å². The number of hydrogen-bond donors (Lipinski definition) is 2. The van der Waals surface area contributed by atoms with Crippen LogP contribution in [0.2, 0.25) is 0 Å². The van der Waals surface area contributed by atoms with Crippen molar-refractivity contribution in [3.05, 3.63) is 34.7 Å². The monoisotopic (exact) mass is 250 g/mol. The number of aliphatic hydroxyl groups excluding tert-OH is 1. The first-order valence-corrected chi connectivity index (χ1v) is 6.80. The molecule has 0 spiro atoms. The summed E-state index contributed by atoms with van der Waals surface area (Å²) >= 11 is 0. The number of nitrogens with zero attached hydrogens (tertiary/aromatic N) is 1. The van der Waals surface area contributed by atoms with E-state index in [1.54, 1.807) is 16.7 Å². The minimum absolute atomic E-state index is 0.0485. The molecule has 1 aromatic heterocycles. The van der Waals surface area contributed by atoms with E-state index >= 15 is 0 Å². The van der Waals surface area contributed by atoms with Gasteiger partial charge >= 0.3 is 0 Å². The molecule has 0 radical (unpaired) electrons. The fourth-order valence-electron chi connectivity index (χ4n) is 2.60. The zero-order valence-electron chi connectivity index (χ0n) is 10.7. The summed E-state index contributed by atoms with van der Waals surface area (Å²) in [5.74, 6) is 0.584. The summed E-state index contributed by atoms with van der Waals surface area (Å²) in [5.41, 5.74) is 0.0485. The van der Waals surface area contributed by atoms with Crippen molar-refractivity contribution < 1.29 is 5.11 Å². The van der Waals surface area contributed by atoms with Gasteiger partial charge in [0, 0.05) is 25.4 Å². The molecule has 0 aromatic carbocycles. The second-order valence-corrected chi connectivity index (χ2v) is 5.12. The molecule has 2 N–H and O–H groups in total. The first-order valence-electron chi connectivity index (χ1n) is 6.80. The Kier molecular flexibility index (Phi) is 4.96. The SMILES string of the molecule is O=c1ccccn1CCNCC1CCCC(O)C1. The first-order chi connectivity index (χ1) is 8.75. The molecule has 1 aliphatic carbocycles. The molecule has 2 unspecified atom stereocenters. The van der Waals surface area contributed by atoms with Crippen LogP contribution in [0.3, 0.4) is 0 Å². The molecule has 0 saturated heterocycles. The van der Waals surface area contributed by atoms with Crippen molar-refractivity contribution in [2.45, 2.75) is 38.3 Å². The number of pyridine rings is 1. The van der Waals surface area contributed by atoms with E-state index in [4.69, 9.17) is 0 Å². The molecule has 0 bridgehead atoms. The average molecular weight is 250 g/mol. The van der Waals surface area contributed by atoms with Crippen LogP contribution in [0.1, 0.15) is 25.7 Å². The molecule has 2 atom stereocenters. The molecule has 1 aliphatic rings. The van der Waals surface area contributed by atoms with Crippen molar-refractivity contribution in [1.29, 1.82) is 0 Å². The van der Waals surface area contributed by atoms with Crippen LogP contribution in [0.4, 0.5) is 0 Å². The van der Waals surface area contributed by atoms with Gasteiger partial charge in [-0.1, -0.05) is 12.5 Å². The van der Waals surface area contributed by atoms with Gasteiger partial charge in [0.2, 0.25) is 0 Å². The van der Waals surface area contributed by atoms with Gasteiger partial charge in [-0.25, -0.2) is 0 Å². The molecule has 1 heterocycles. The van der Waals surface area contributed by atoms with Crippen molar-refractivity contribution in [3.63, 3.8) is 0 Å². The maximum absolute atomic E-state index is 11.5. The largest absolute Gasteiger partial charge is 0.393 e. The van der Waals surface area contributed by atoms with Crippen LogP contribution in [0, 0.1) is 5.92 Å². The summed E-state index contributed by atoms with van der Waals surface area (Å²) in [6, 6.07) is 5.21. The maximum atomic E-state index is 11.5. The minimum Gasteiger partial charge on any atom is -0.393 e. The number of rotatable bonds is 5. The average Bonchev–Trinajstić information content (AvgIpc) is 2.37. The standard InChI is InChI=1S/C14H22N2O2/c17-13-5-3-4-12(10-13)11-15-7-9-16-8-2-1-6-14(16)18/h1-2,6,8,12-13,15,17H,3-5,7,9-11H2. The van der Waals surface area contributed by atoms with Crippen LogP contribution in [0.25, 0.3) is 0 Å². The fraction of sp³-hybridized carbons (Fsp3) is 0.643. The third-order valence-corrected chi connectivity index (χ3v) is 3.62. The Hall–Kier alpha value is -1.13. The van der Waals surface area contributed by atoms with Gasteiger partial charge in [0.25, 0.3) is 5.56 Å². The molecule has 1 fully saturated rings. The molecule has 1 saturated carbocycles. The molecule has 1 aromatic rings. The summed E-state index contributed by atoms with van der Waals surface area (Å²) in [6.45, 7) is 2.45. The number of aromatic nitrogens is 1. The molecular formula is C14H22N2O2. The minimum atomic E-state index is -0.109. The van der Waals surface area contributed by atoms with Crippen molar-refractivity contribution in [2.24, 2.45) is 5.92 Å². The van der Waals surface area contributed by atoms with Crippen LogP contribution in [-0.2, 0) is 6.54 Å². The highest BCUT2D eigenvalue weighted by atomic mass is 16.3. The number of hydrogen-bond acceptors (Lipinski definition) is 3. The van der Waals surface area contributed by atoms with Crippen molar-refractivity contribution >= 4 is 0 Å². The lowest BCUT2D eigenvalue weighted by Crippen LogP contribution is -2.32. The van der Waals surface area contributed by atoms with Crippen LogP contribution >= 0.6 is 0 Å². The molecule has 0 aliphatic heterocycles. The van der Waals surface area contributed by atoms with E-state index in [1.807, 2.05) is 12.3 Å². The lowest BCUT2D eigenvalue weighted by Gasteiger charge is -2.26. The zero-order valence-corrected chi connectivity index (χ0v) is 10.7. The third kappa shape index (κ3) is 3.96. The smallest absolute Gasteiger partial charge is 0.250 e. The van der Waals surface area contributed by atoms with E-state index < -0.39 is 0 Å². The predicted molar refractivity (Wildman–Crippen MR) is 71.5 cm³/mol. The quantitative estimate of drug-likeness (QED) is 0.766. The van der Waals surface area contributed by atoms with Gasteiger partial charge in [-0.15, -0.1) is 0 Å². The van der Waals surface area contributed by atoms with Gasteiger partial charge in [-0.2, -0.15) is 0 Å². The molecule has 2 rings (SSSR count). The Bertz CT molecular complexity index is 416. The van der Waals surface area contributed by atoms with Crippen LogP contribution in [0.5, 0.6) is 0 Å². The normalized spacial score (nSPS) is 24.1. The summed E-state index contributed by atoms with van der Waals surface area (Å²) in [6.07, 6.45) is 5.91. The lowest BCUT2D eigenvalue weighted by atomic mass is 9.87.